The zero-order chi connectivity index (χ0) is 27.9. The molecule has 1 amide bonds. The summed E-state index contributed by atoms with van der Waals surface area (Å²) in [6, 6.07) is 17.0. The zero-order valence-corrected chi connectivity index (χ0v) is 21.6. The van der Waals surface area contributed by atoms with Gasteiger partial charge in [0.25, 0.3) is 0 Å². The zero-order valence-electron chi connectivity index (χ0n) is 21.6. The van der Waals surface area contributed by atoms with Gasteiger partial charge in [0.2, 0.25) is 5.78 Å². The van der Waals surface area contributed by atoms with Crippen molar-refractivity contribution in [1.82, 2.24) is 4.98 Å². The van der Waals surface area contributed by atoms with Gasteiger partial charge in [-0.2, -0.15) is 0 Å². The molecule has 0 aliphatic carbocycles. The van der Waals surface area contributed by atoms with Crippen molar-refractivity contribution in [2.45, 2.75) is 38.3 Å². The molecule has 1 heterocycles. The molecule has 7 nitrogen and oxygen atoms in total. The van der Waals surface area contributed by atoms with Crippen molar-refractivity contribution in [3.63, 3.8) is 0 Å². The first kappa shape index (κ1) is 28.0. The molecule has 0 saturated heterocycles. The smallest absolute Gasteiger partial charge is 0.417 e. The van der Waals surface area contributed by atoms with Gasteiger partial charge in [-0.25, -0.2) is 19.1 Å². The van der Waals surface area contributed by atoms with E-state index in [9.17, 15) is 19.2 Å². The van der Waals surface area contributed by atoms with Gasteiger partial charge in [-0.05, 0) is 69.2 Å². The number of rotatable bonds is 9. The standard InChI is InChI=1S/C30H30FN3O4/c1-6-18-30(7-2,23-11-9-8-10-12-23)34(28(36)38-29(3,4)5)25-20-22(17-19-32-25)26(33-37)27(35)21-13-15-24(31)16-14-21/h6-17,19-20,37H,1-2,18H2,3-5H3. The molecule has 8 heteroatoms. The Morgan fingerprint density at radius 2 is 1.71 bits per heavy atom. The van der Waals surface area contributed by atoms with E-state index in [-0.39, 0.29) is 29.1 Å². The minimum Gasteiger partial charge on any atom is -0.443 e. The summed E-state index contributed by atoms with van der Waals surface area (Å²) in [5.41, 5.74) is -1.26. The first-order chi connectivity index (χ1) is 18.1. The number of carbonyl (C=O) groups excluding carboxylic acids is 2. The number of carbonyl (C=O) groups is 2. The summed E-state index contributed by atoms with van der Waals surface area (Å²) in [6.07, 6.45) is 4.22. The summed E-state index contributed by atoms with van der Waals surface area (Å²) in [4.78, 5) is 32.6. The van der Waals surface area contributed by atoms with E-state index < -0.39 is 28.8 Å². The minimum absolute atomic E-state index is 0.121. The Bertz CT molecular complexity index is 1350. The lowest BCUT2D eigenvalue weighted by molar-refractivity contribution is 0.0546. The first-order valence-electron chi connectivity index (χ1n) is 11.9. The van der Waals surface area contributed by atoms with Crippen LogP contribution in [0.25, 0.3) is 0 Å². The average molecular weight is 516 g/mol. The number of aromatic nitrogens is 1. The van der Waals surface area contributed by atoms with Gasteiger partial charge in [0, 0.05) is 17.3 Å². The number of amides is 1. The van der Waals surface area contributed by atoms with Gasteiger partial charge in [0.15, 0.2) is 5.71 Å². The molecule has 1 N–H and O–H groups in total. The number of nitrogens with zero attached hydrogens (tertiary/aromatic N) is 3. The molecule has 1 unspecified atom stereocenters. The maximum atomic E-state index is 13.8. The quantitative estimate of drug-likeness (QED) is 0.113. The Morgan fingerprint density at radius 1 is 1.05 bits per heavy atom. The molecule has 1 aromatic heterocycles. The molecule has 3 aromatic rings. The van der Waals surface area contributed by atoms with Crippen LogP contribution in [-0.2, 0) is 10.3 Å². The number of ketones is 1. The van der Waals surface area contributed by atoms with Gasteiger partial charge in [0.1, 0.15) is 17.2 Å². The Balaban J connectivity index is 2.20. The molecule has 0 spiro atoms. The van der Waals surface area contributed by atoms with Gasteiger partial charge in [-0.1, -0.05) is 47.6 Å². The molecule has 0 aliphatic rings. The van der Waals surface area contributed by atoms with Crippen LogP contribution in [0.1, 0.15) is 48.7 Å². The summed E-state index contributed by atoms with van der Waals surface area (Å²) in [7, 11) is 0. The molecule has 0 saturated carbocycles. The van der Waals surface area contributed by atoms with Gasteiger partial charge >= 0.3 is 6.09 Å². The van der Waals surface area contributed by atoms with Gasteiger partial charge in [-0.15, -0.1) is 13.2 Å². The predicted octanol–water partition coefficient (Wildman–Crippen LogP) is 6.68. The number of hydrogen-bond acceptors (Lipinski definition) is 6. The van der Waals surface area contributed by atoms with Crippen molar-refractivity contribution in [3.8, 4) is 0 Å². The number of pyridine rings is 1. The highest BCUT2D eigenvalue weighted by Crippen LogP contribution is 2.38. The molecule has 196 valence electrons. The Hall–Kier alpha value is -4.59. The van der Waals surface area contributed by atoms with E-state index in [0.717, 1.165) is 17.7 Å². The third kappa shape index (κ3) is 6.03. The van der Waals surface area contributed by atoms with Crippen LogP contribution in [0.5, 0.6) is 0 Å². The molecule has 2 aromatic carbocycles. The van der Waals surface area contributed by atoms with Crippen LogP contribution in [0.3, 0.4) is 0 Å². The maximum absolute atomic E-state index is 13.8. The predicted molar refractivity (Wildman–Crippen MR) is 145 cm³/mol. The highest BCUT2D eigenvalue weighted by atomic mass is 19.1. The molecule has 0 fully saturated rings. The molecular formula is C30H30FN3O4. The van der Waals surface area contributed by atoms with Crippen LogP contribution < -0.4 is 4.90 Å². The van der Waals surface area contributed by atoms with E-state index in [1.165, 1.54) is 35.4 Å². The summed E-state index contributed by atoms with van der Waals surface area (Å²) in [5.74, 6) is -1.03. The molecular weight excluding hydrogens is 485 g/mol. The number of halogens is 1. The fourth-order valence-corrected chi connectivity index (χ4v) is 4.01. The Kier molecular flexibility index (Phi) is 8.57. The summed E-state index contributed by atoms with van der Waals surface area (Å²) in [5, 5.41) is 13.0. The SMILES string of the molecule is C=CCC(C=C)(c1ccccc1)N(C(=O)OC(C)(C)C)c1cc(C(=NO)C(=O)c2ccc(F)cc2)ccn1. The third-order valence-electron chi connectivity index (χ3n) is 5.71. The van der Waals surface area contributed by atoms with Crippen LogP contribution in [0.4, 0.5) is 15.0 Å². The van der Waals surface area contributed by atoms with E-state index >= 15 is 0 Å². The van der Waals surface area contributed by atoms with Gasteiger partial charge in [0.05, 0.1) is 5.54 Å². The third-order valence-corrected chi connectivity index (χ3v) is 5.71. The number of benzene rings is 2. The topological polar surface area (TPSA) is 92.1 Å². The molecule has 3 rings (SSSR count). The van der Waals surface area contributed by atoms with E-state index in [1.807, 2.05) is 30.3 Å². The highest BCUT2D eigenvalue weighted by Gasteiger charge is 2.42. The first-order valence-corrected chi connectivity index (χ1v) is 11.9. The second kappa shape index (κ2) is 11.6. The lowest BCUT2D eigenvalue weighted by Crippen LogP contribution is -2.50. The number of anilines is 1. The second-order valence-corrected chi connectivity index (χ2v) is 9.49. The van der Waals surface area contributed by atoms with Crippen LogP contribution in [-0.4, -0.2) is 33.4 Å². The van der Waals surface area contributed by atoms with Crippen LogP contribution in [0, 0.1) is 5.82 Å². The minimum atomic E-state index is -1.16. The lowest BCUT2D eigenvalue weighted by atomic mass is 9.84. The number of Topliss-reactive ketones (excluding diaryl/α,β-unsaturated/α-hetero) is 1. The lowest BCUT2D eigenvalue weighted by Gasteiger charge is -2.41. The van der Waals surface area contributed by atoms with Crippen molar-refractivity contribution < 1.29 is 23.9 Å². The largest absolute Gasteiger partial charge is 0.443 e. The van der Waals surface area contributed by atoms with Crippen molar-refractivity contribution in [2.75, 3.05) is 4.90 Å². The Morgan fingerprint density at radius 3 is 2.26 bits per heavy atom. The van der Waals surface area contributed by atoms with E-state index in [2.05, 4.69) is 23.3 Å². The van der Waals surface area contributed by atoms with Crippen molar-refractivity contribution in [2.24, 2.45) is 5.16 Å². The highest BCUT2D eigenvalue weighted by molar-refractivity contribution is 6.51. The number of ether oxygens (including phenoxy) is 1. The number of hydrogen-bond donors (Lipinski definition) is 1. The summed E-state index contributed by atoms with van der Waals surface area (Å²) < 4.78 is 19.1. The van der Waals surface area contributed by atoms with E-state index in [1.54, 1.807) is 32.9 Å². The monoisotopic (exact) mass is 515 g/mol. The van der Waals surface area contributed by atoms with Crippen LogP contribution >= 0.6 is 0 Å². The van der Waals surface area contributed by atoms with Crippen LogP contribution in [0.2, 0.25) is 0 Å². The van der Waals surface area contributed by atoms with Crippen molar-refractivity contribution in [1.29, 1.82) is 0 Å². The van der Waals surface area contributed by atoms with Gasteiger partial charge < -0.3 is 9.94 Å². The molecule has 38 heavy (non-hydrogen) atoms. The molecule has 0 aliphatic heterocycles. The van der Waals surface area contributed by atoms with Crippen molar-refractivity contribution in [3.05, 3.63) is 121 Å². The van der Waals surface area contributed by atoms with Crippen LogP contribution in [0.15, 0.2) is 103 Å². The van der Waals surface area contributed by atoms with E-state index in [0.29, 0.717) is 0 Å². The van der Waals surface area contributed by atoms with Crippen molar-refractivity contribution >= 4 is 23.4 Å². The molecule has 0 bridgehead atoms. The Labute approximate surface area is 221 Å². The van der Waals surface area contributed by atoms with Gasteiger partial charge in [-0.3, -0.25) is 4.79 Å². The normalized spacial score (nSPS) is 13.2. The fraction of sp³-hybridized carbons (Fsp3) is 0.200. The maximum Gasteiger partial charge on any atom is 0.417 e. The summed E-state index contributed by atoms with van der Waals surface area (Å²) in [6.45, 7) is 13.1. The fourth-order valence-electron chi connectivity index (χ4n) is 4.01. The summed E-state index contributed by atoms with van der Waals surface area (Å²) >= 11 is 0. The molecule has 1 atom stereocenters. The average Bonchev–Trinajstić information content (AvgIpc) is 2.89. The van der Waals surface area contributed by atoms with E-state index in [4.69, 9.17) is 4.74 Å². The molecule has 0 radical (unpaired) electrons. The second-order valence-electron chi connectivity index (χ2n) is 9.49. The number of oxime groups is 1.